The maximum Gasteiger partial charge on any atom is 0.468 e. The maximum atomic E-state index is 6.72. The first kappa shape index (κ1) is 31.0. The molecular weight excluding hydrogens is 497 g/mol. The summed E-state index contributed by atoms with van der Waals surface area (Å²) in [5.41, 5.74) is 1.81. The molecule has 0 aromatic rings. The fraction of sp³-hybridized carbons (Fsp3) is 0.882. The van der Waals surface area contributed by atoms with E-state index in [2.05, 4.69) is 85.1 Å². The molecule has 0 unspecified atom stereocenters. The van der Waals surface area contributed by atoms with Crippen molar-refractivity contribution >= 4 is 59.4 Å². The zero-order valence-corrected chi connectivity index (χ0v) is 29.2. The highest BCUT2D eigenvalue weighted by Crippen LogP contribution is 2.30. The first-order valence-corrected chi connectivity index (χ1v) is 31.1. The molecule has 0 radical (unpaired) electrons. The minimum atomic E-state index is -2.97. The molecule has 0 amide bonds. The second-order valence-corrected chi connectivity index (χ2v) is 39.7. The molecule has 0 fully saturated rings. The highest BCUT2D eigenvalue weighted by atomic mass is 28.5. The van der Waals surface area contributed by atoms with Crippen LogP contribution in [-0.4, -0.2) is 59.4 Å². The summed E-state index contributed by atoms with van der Waals surface area (Å²) in [7, 11) is -16.5. The van der Waals surface area contributed by atoms with E-state index in [1.807, 2.05) is 25.3 Å². The molecular formula is C17H48O6Si7. The molecule has 180 valence electrons. The van der Waals surface area contributed by atoms with Gasteiger partial charge < -0.3 is 24.7 Å². The van der Waals surface area contributed by atoms with Crippen molar-refractivity contribution in [2.45, 2.75) is 98.2 Å². The molecule has 30 heavy (non-hydrogen) atoms. The minimum absolute atomic E-state index is 1.81. The van der Waals surface area contributed by atoms with E-state index in [0.29, 0.717) is 0 Å². The van der Waals surface area contributed by atoms with Crippen molar-refractivity contribution in [3.05, 3.63) is 12.3 Å². The van der Waals surface area contributed by atoms with Gasteiger partial charge in [-0.15, -0.1) is 6.58 Å². The van der Waals surface area contributed by atoms with Crippen LogP contribution in [0.1, 0.15) is 0 Å². The zero-order chi connectivity index (χ0) is 24.4. The maximum absolute atomic E-state index is 6.72. The van der Waals surface area contributed by atoms with Crippen molar-refractivity contribution in [2.24, 2.45) is 0 Å². The van der Waals surface area contributed by atoms with Crippen LogP contribution in [0, 0.1) is 0 Å². The Morgan fingerprint density at radius 2 is 0.600 bits per heavy atom. The monoisotopic (exact) mass is 544 g/mol. The van der Waals surface area contributed by atoms with Gasteiger partial charge in [-0.25, -0.2) is 0 Å². The van der Waals surface area contributed by atoms with Gasteiger partial charge in [0.15, 0.2) is 33.3 Å². The first-order chi connectivity index (χ1) is 12.8. The van der Waals surface area contributed by atoms with Crippen LogP contribution in [0.25, 0.3) is 0 Å². The second-order valence-electron chi connectivity index (χ2n) is 12.0. The van der Waals surface area contributed by atoms with Crippen molar-refractivity contribution in [1.29, 1.82) is 0 Å². The highest BCUT2D eigenvalue weighted by molar-refractivity contribution is 6.94. The molecule has 0 atom stereocenters. The van der Waals surface area contributed by atoms with Crippen molar-refractivity contribution in [2.75, 3.05) is 0 Å². The SMILES string of the molecule is C=C[Si](C)(O[Si](C)(O[Si](C)(C)C)O[Si](C)(C)C)O[Si](C)(O[Si](C)(C)C)O[Si](C)(C)C. The first-order valence-electron chi connectivity index (χ1n) is 10.6. The third-order valence-corrected chi connectivity index (χ3v) is 25.8. The van der Waals surface area contributed by atoms with Crippen LogP contribution < -0.4 is 0 Å². The number of rotatable bonds is 13. The van der Waals surface area contributed by atoms with Crippen LogP contribution in [0.2, 0.25) is 98.2 Å². The van der Waals surface area contributed by atoms with Crippen LogP contribution in [-0.2, 0) is 24.7 Å². The molecule has 6 nitrogen and oxygen atoms in total. The third kappa shape index (κ3) is 14.2. The van der Waals surface area contributed by atoms with Gasteiger partial charge in [0.05, 0.1) is 0 Å². The summed E-state index contributed by atoms with van der Waals surface area (Å²) in [6, 6.07) is 0. The predicted octanol–water partition coefficient (Wildman–Crippen LogP) is 6.36. The minimum Gasteiger partial charge on any atom is -0.417 e. The van der Waals surface area contributed by atoms with Crippen LogP contribution in [0.3, 0.4) is 0 Å². The molecule has 0 saturated heterocycles. The molecule has 0 heterocycles. The van der Waals surface area contributed by atoms with E-state index < -0.39 is 59.4 Å². The van der Waals surface area contributed by atoms with Crippen LogP contribution in [0.15, 0.2) is 12.3 Å². The molecule has 0 aromatic heterocycles. The summed E-state index contributed by atoms with van der Waals surface area (Å²) < 4.78 is 39.6. The summed E-state index contributed by atoms with van der Waals surface area (Å²) in [5, 5.41) is 0. The normalized spacial score (nSPS) is 15.4. The molecule has 0 bridgehead atoms. The van der Waals surface area contributed by atoms with Crippen LogP contribution in [0.4, 0.5) is 0 Å². The van der Waals surface area contributed by atoms with E-state index >= 15 is 0 Å². The molecule has 0 aliphatic heterocycles. The lowest BCUT2D eigenvalue weighted by atomic mass is 11.3. The van der Waals surface area contributed by atoms with Crippen molar-refractivity contribution in [3.8, 4) is 0 Å². The summed E-state index contributed by atoms with van der Waals surface area (Å²) in [5.74, 6) is 0. The molecule has 0 aromatic carbocycles. The number of hydrogen-bond donors (Lipinski definition) is 0. The largest absolute Gasteiger partial charge is 0.468 e. The van der Waals surface area contributed by atoms with E-state index in [1.165, 1.54) is 0 Å². The quantitative estimate of drug-likeness (QED) is 0.251. The Labute approximate surface area is 194 Å². The van der Waals surface area contributed by atoms with Gasteiger partial charge in [0.1, 0.15) is 0 Å². The Kier molecular flexibility index (Phi) is 10.4. The zero-order valence-electron chi connectivity index (χ0n) is 22.2. The van der Waals surface area contributed by atoms with E-state index in [9.17, 15) is 0 Å². The molecule has 0 spiro atoms. The van der Waals surface area contributed by atoms with E-state index in [4.69, 9.17) is 24.7 Å². The van der Waals surface area contributed by atoms with E-state index in [0.717, 1.165) is 0 Å². The van der Waals surface area contributed by atoms with Gasteiger partial charge in [-0.3, -0.25) is 0 Å². The summed E-state index contributed by atoms with van der Waals surface area (Å²) in [6.07, 6.45) is 0. The topological polar surface area (TPSA) is 55.4 Å². The van der Waals surface area contributed by atoms with Gasteiger partial charge >= 0.3 is 26.2 Å². The van der Waals surface area contributed by atoms with Gasteiger partial charge in [-0.1, -0.05) is 5.70 Å². The lowest BCUT2D eigenvalue weighted by Crippen LogP contribution is -2.65. The van der Waals surface area contributed by atoms with Gasteiger partial charge in [0, 0.05) is 13.1 Å². The molecule has 0 N–H and O–H groups in total. The summed E-state index contributed by atoms with van der Waals surface area (Å²) in [4.78, 5) is 0. The van der Waals surface area contributed by atoms with Crippen LogP contribution in [0.5, 0.6) is 0 Å². The average molecular weight is 545 g/mol. The Morgan fingerprint density at radius 1 is 0.400 bits per heavy atom. The standard InChI is InChI=1S/C17H48O6Si7/c1-17-28(14,22-29(15,18-24(2,3)4)19-25(5,6)7)23-30(16,20-26(8,9)10)21-27(11,12)13/h17H,1H2,2-16H3. The molecule has 13 heteroatoms. The third-order valence-electron chi connectivity index (χ3n) is 3.11. The van der Waals surface area contributed by atoms with Crippen molar-refractivity contribution in [3.63, 3.8) is 0 Å². The van der Waals surface area contributed by atoms with E-state index in [1.54, 1.807) is 0 Å². The summed E-state index contributed by atoms with van der Waals surface area (Å²) >= 11 is 0. The Bertz CT molecular complexity index is 499. The van der Waals surface area contributed by atoms with Gasteiger partial charge in [-0.2, -0.15) is 0 Å². The van der Waals surface area contributed by atoms with Gasteiger partial charge in [0.2, 0.25) is 0 Å². The fourth-order valence-electron chi connectivity index (χ4n) is 3.19. The molecule has 0 aliphatic rings. The van der Waals surface area contributed by atoms with Crippen molar-refractivity contribution in [1.82, 2.24) is 0 Å². The van der Waals surface area contributed by atoms with Gasteiger partial charge in [-0.05, 0) is 85.1 Å². The summed E-state index contributed by atoms with van der Waals surface area (Å²) in [6.45, 7) is 35.9. The fourth-order valence-corrected chi connectivity index (χ4v) is 31.3. The smallest absolute Gasteiger partial charge is 0.417 e. The Hall–Kier alpha value is 1.02. The average Bonchev–Trinajstić information content (AvgIpc) is 2.26. The highest BCUT2D eigenvalue weighted by Gasteiger charge is 2.54. The van der Waals surface area contributed by atoms with Crippen molar-refractivity contribution < 1.29 is 24.7 Å². The predicted molar refractivity (Wildman–Crippen MR) is 145 cm³/mol. The lowest BCUT2D eigenvalue weighted by Gasteiger charge is -2.45. The lowest BCUT2D eigenvalue weighted by molar-refractivity contribution is 0.202. The number of hydrogen-bond acceptors (Lipinski definition) is 6. The second kappa shape index (κ2) is 10.1. The van der Waals surface area contributed by atoms with Gasteiger partial charge in [0.25, 0.3) is 0 Å². The van der Waals surface area contributed by atoms with Crippen LogP contribution >= 0.6 is 0 Å². The van der Waals surface area contributed by atoms with E-state index in [-0.39, 0.29) is 0 Å². The molecule has 0 rings (SSSR count). The molecule has 0 saturated carbocycles. The Morgan fingerprint density at radius 3 is 0.733 bits per heavy atom. The molecule has 0 aliphatic carbocycles. The Balaban J connectivity index is 6.05.